The second-order valence-electron chi connectivity index (χ2n) is 9.86. The second kappa shape index (κ2) is 13.3. The van der Waals surface area contributed by atoms with E-state index in [1.54, 1.807) is 44.1 Å². The van der Waals surface area contributed by atoms with E-state index in [4.69, 9.17) is 16.3 Å². The monoisotopic (exact) mass is 563 g/mol. The summed E-state index contributed by atoms with van der Waals surface area (Å²) >= 11 is 6.23. The molecular formula is C28H38ClN3O5S. The highest BCUT2D eigenvalue weighted by Crippen LogP contribution is 2.28. The summed E-state index contributed by atoms with van der Waals surface area (Å²) in [5.74, 6) is 0.313. The minimum Gasteiger partial charge on any atom is -0.497 e. The normalized spacial score (nSPS) is 14.7. The first-order chi connectivity index (χ1) is 18.0. The Morgan fingerprint density at radius 3 is 2.39 bits per heavy atom. The number of hydrogen-bond acceptors (Lipinski definition) is 5. The van der Waals surface area contributed by atoms with E-state index in [1.165, 1.54) is 4.31 Å². The predicted octanol–water partition coefficient (Wildman–Crippen LogP) is 4.68. The van der Waals surface area contributed by atoms with E-state index >= 15 is 0 Å². The molecule has 8 nitrogen and oxygen atoms in total. The van der Waals surface area contributed by atoms with Gasteiger partial charge in [-0.25, -0.2) is 8.42 Å². The number of nitrogens with one attached hydrogen (secondary N) is 1. The Kier molecular flexibility index (Phi) is 10.4. The summed E-state index contributed by atoms with van der Waals surface area (Å²) in [6.45, 7) is 3.88. The molecule has 1 aliphatic rings. The van der Waals surface area contributed by atoms with Gasteiger partial charge in [0.1, 0.15) is 11.8 Å². The van der Waals surface area contributed by atoms with E-state index in [0.29, 0.717) is 22.0 Å². The second-order valence-corrected chi connectivity index (χ2v) is 12.2. The molecule has 1 atom stereocenters. The Morgan fingerprint density at radius 1 is 1.13 bits per heavy atom. The van der Waals surface area contributed by atoms with Gasteiger partial charge in [-0.1, -0.05) is 42.6 Å². The average Bonchev–Trinajstić information content (AvgIpc) is 3.39. The van der Waals surface area contributed by atoms with Crippen molar-refractivity contribution in [1.82, 2.24) is 10.2 Å². The van der Waals surface area contributed by atoms with E-state index in [-0.39, 0.29) is 43.8 Å². The van der Waals surface area contributed by atoms with Crippen molar-refractivity contribution in [2.45, 2.75) is 71.0 Å². The zero-order chi connectivity index (χ0) is 27.9. The van der Waals surface area contributed by atoms with E-state index in [1.807, 2.05) is 24.3 Å². The van der Waals surface area contributed by atoms with Crippen LogP contribution in [0.3, 0.4) is 0 Å². The lowest BCUT2D eigenvalue weighted by molar-refractivity contribution is -0.141. The van der Waals surface area contributed by atoms with Crippen molar-refractivity contribution in [3.05, 3.63) is 58.6 Å². The smallest absolute Gasteiger partial charge is 0.242 e. The molecule has 3 rings (SSSR count). The molecule has 1 aliphatic carbocycles. The van der Waals surface area contributed by atoms with Crippen LogP contribution < -0.4 is 14.4 Å². The standard InChI is InChI=1S/C28H38ClN3O5S/c1-20-25(29)11-7-12-26(20)32(38(4,35)36)18-8-13-27(33)31(19-22-14-16-24(37-3)17-15-22)21(2)28(34)30-23-9-5-6-10-23/h7,11-12,14-17,21,23H,5-6,8-10,13,18-19H2,1-4H3,(H,30,34). The molecule has 0 heterocycles. The van der Waals surface area contributed by atoms with Crippen molar-refractivity contribution in [2.24, 2.45) is 0 Å². The lowest BCUT2D eigenvalue weighted by Crippen LogP contribution is -2.49. The molecule has 0 radical (unpaired) electrons. The first kappa shape index (κ1) is 29.8. The summed E-state index contributed by atoms with van der Waals surface area (Å²) in [5.41, 5.74) is 2.02. The number of halogens is 1. The van der Waals surface area contributed by atoms with Gasteiger partial charge in [-0.05, 0) is 68.5 Å². The van der Waals surface area contributed by atoms with Gasteiger partial charge in [0, 0.05) is 30.6 Å². The molecule has 0 saturated heterocycles. The Balaban J connectivity index is 1.74. The molecule has 0 bridgehead atoms. The number of methoxy groups -OCH3 is 1. The number of hydrogen-bond donors (Lipinski definition) is 1. The number of benzene rings is 2. The predicted molar refractivity (Wildman–Crippen MR) is 151 cm³/mol. The highest BCUT2D eigenvalue weighted by Gasteiger charge is 2.29. The average molecular weight is 564 g/mol. The van der Waals surface area contributed by atoms with E-state index in [2.05, 4.69) is 5.32 Å². The van der Waals surface area contributed by atoms with Crippen LogP contribution in [0.1, 0.15) is 56.6 Å². The third kappa shape index (κ3) is 7.86. The van der Waals surface area contributed by atoms with Crippen molar-refractivity contribution < 1.29 is 22.7 Å². The number of nitrogens with zero attached hydrogens (tertiary/aromatic N) is 2. The zero-order valence-electron chi connectivity index (χ0n) is 22.6. The fourth-order valence-corrected chi connectivity index (χ4v) is 5.94. The summed E-state index contributed by atoms with van der Waals surface area (Å²) in [6.07, 6.45) is 5.61. The van der Waals surface area contributed by atoms with Gasteiger partial charge >= 0.3 is 0 Å². The summed E-state index contributed by atoms with van der Waals surface area (Å²) in [4.78, 5) is 28.1. The van der Waals surface area contributed by atoms with Crippen molar-refractivity contribution in [2.75, 3.05) is 24.2 Å². The van der Waals surface area contributed by atoms with Gasteiger partial charge in [0.2, 0.25) is 21.8 Å². The van der Waals surface area contributed by atoms with E-state index in [9.17, 15) is 18.0 Å². The van der Waals surface area contributed by atoms with Crippen molar-refractivity contribution in [3.8, 4) is 5.75 Å². The van der Waals surface area contributed by atoms with Crippen LogP contribution in [0.5, 0.6) is 5.75 Å². The third-order valence-electron chi connectivity index (χ3n) is 7.04. The van der Waals surface area contributed by atoms with Crippen LogP contribution in [-0.4, -0.2) is 57.1 Å². The Labute approximate surface area is 231 Å². The third-order valence-corrected chi connectivity index (χ3v) is 8.63. The SMILES string of the molecule is COc1ccc(CN(C(=O)CCCN(c2cccc(Cl)c2C)S(C)(=O)=O)C(C)C(=O)NC2CCCC2)cc1. The maximum Gasteiger partial charge on any atom is 0.242 e. The van der Waals surface area contributed by atoms with Gasteiger partial charge in [0.25, 0.3) is 0 Å². The zero-order valence-corrected chi connectivity index (χ0v) is 24.1. The van der Waals surface area contributed by atoms with Crippen LogP contribution in [0, 0.1) is 6.92 Å². The highest BCUT2D eigenvalue weighted by atomic mass is 35.5. The van der Waals surface area contributed by atoms with Crippen LogP contribution in [0.2, 0.25) is 5.02 Å². The lowest BCUT2D eigenvalue weighted by atomic mass is 10.1. The topological polar surface area (TPSA) is 96.0 Å². The summed E-state index contributed by atoms with van der Waals surface area (Å²) in [7, 11) is -2.01. The van der Waals surface area contributed by atoms with Crippen LogP contribution in [-0.2, 0) is 26.2 Å². The maximum atomic E-state index is 13.5. The molecular weight excluding hydrogens is 526 g/mol. The summed E-state index contributed by atoms with van der Waals surface area (Å²) in [5, 5.41) is 3.56. The summed E-state index contributed by atoms with van der Waals surface area (Å²) in [6, 6.07) is 12.0. The molecule has 1 fully saturated rings. The van der Waals surface area contributed by atoms with E-state index in [0.717, 1.165) is 37.5 Å². The Morgan fingerprint density at radius 2 is 1.79 bits per heavy atom. The molecule has 38 heavy (non-hydrogen) atoms. The number of amides is 2. The molecule has 1 unspecified atom stereocenters. The quantitative estimate of drug-likeness (QED) is 0.404. The number of ether oxygens (including phenoxy) is 1. The molecule has 2 aromatic carbocycles. The van der Waals surface area contributed by atoms with Crippen LogP contribution in [0.25, 0.3) is 0 Å². The largest absolute Gasteiger partial charge is 0.497 e. The Hall–Kier alpha value is -2.78. The van der Waals surface area contributed by atoms with Crippen molar-refractivity contribution >= 4 is 39.1 Å². The van der Waals surface area contributed by atoms with Crippen LogP contribution in [0.4, 0.5) is 5.69 Å². The first-order valence-corrected chi connectivity index (χ1v) is 15.2. The molecule has 208 valence electrons. The van der Waals surface area contributed by atoms with Gasteiger partial charge in [-0.3, -0.25) is 13.9 Å². The molecule has 10 heteroatoms. The maximum absolute atomic E-state index is 13.5. The van der Waals surface area contributed by atoms with Gasteiger partial charge in [-0.15, -0.1) is 0 Å². The summed E-state index contributed by atoms with van der Waals surface area (Å²) < 4.78 is 31.7. The number of carbonyl (C=O) groups excluding carboxylic acids is 2. The fourth-order valence-electron chi connectivity index (χ4n) is 4.75. The molecule has 0 spiro atoms. The van der Waals surface area contributed by atoms with Gasteiger partial charge in [0.05, 0.1) is 19.1 Å². The number of carbonyl (C=O) groups is 2. The number of anilines is 1. The van der Waals surface area contributed by atoms with E-state index < -0.39 is 16.1 Å². The molecule has 0 aliphatic heterocycles. The van der Waals surface area contributed by atoms with Gasteiger partial charge < -0.3 is 15.0 Å². The van der Waals surface area contributed by atoms with Crippen molar-refractivity contribution in [1.29, 1.82) is 0 Å². The molecule has 2 amide bonds. The van der Waals surface area contributed by atoms with Gasteiger partial charge in [-0.2, -0.15) is 0 Å². The minimum atomic E-state index is -3.60. The molecule has 1 saturated carbocycles. The molecule has 0 aromatic heterocycles. The lowest BCUT2D eigenvalue weighted by Gasteiger charge is -2.30. The molecule has 2 aromatic rings. The van der Waals surface area contributed by atoms with Crippen LogP contribution >= 0.6 is 11.6 Å². The van der Waals surface area contributed by atoms with Gasteiger partial charge in [0.15, 0.2) is 0 Å². The number of sulfonamides is 1. The highest BCUT2D eigenvalue weighted by molar-refractivity contribution is 7.92. The fraction of sp³-hybridized carbons (Fsp3) is 0.500. The first-order valence-electron chi connectivity index (χ1n) is 13.0. The van der Waals surface area contributed by atoms with Crippen molar-refractivity contribution in [3.63, 3.8) is 0 Å². The number of rotatable bonds is 12. The minimum absolute atomic E-state index is 0.0861. The van der Waals surface area contributed by atoms with Crippen LogP contribution in [0.15, 0.2) is 42.5 Å². The Bertz CT molecular complexity index is 1210. The molecule has 1 N–H and O–H groups in total.